The number of rotatable bonds is 1. The van der Waals surface area contributed by atoms with Crippen LogP contribution in [0.1, 0.15) is 23.5 Å². The van der Waals surface area contributed by atoms with Crippen molar-refractivity contribution in [2.24, 2.45) is 0 Å². The maximum Gasteiger partial charge on any atom is 0.266 e. The fourth-order valence-electron chi connectivity index (χ4n) is 2.56. The Morgan fingerprint density at radius 3 is 3.00 bits per heavy atom. The second-order valence-corrected chi connectivity index (χ2v) is 6.92. The number of ether oxygens (including phenoxy) is 1. The van der Waals surface area contributed by atoms with Gasteiger partial charge in [0.2, 0.25) is 0 Å². The number of hydrogen-bond donors (Lipinski definition) is 1. The van der Waals surface area contributed by atoms with Gasteiger partial charge in [0.25, 0.3) is 5.91 Å². The van der Waals surface area contributed by atoms with Gasteiger partial charge in [0.15, 0.2) is 0 Å². The van der Waals surface area contributed by atoms with Crippen LogP contribution in [0, 0.1) is 0 Å². The van der Waals surface area contributed by atoms with E-state index in [4.69, 9.17) is 22.1 Å². The zero-order valence-corrected chi connectivity index (χ0v) is 13.5. The molecule has 1 saturated heterocycles. The Hall–Kier alpha value is -1.30. The van der Waals surface area contributed by atoms with Crippen LogP contribution in [0.2, 0.25) is 5.02 Å². The van der Waals surface area contributed by atoms with Gasteiger partial charge in [-0.2, -0.15) is 0 Å². The molecule has 1 aromatic heterocycles. The van der Waals surface area contributed by atoms with Gasteiger partial charge < -0.3 is 15.4 Å². The highest BCUT2D eigenvalue weighted by atomic mass is 35.5. The number of anilines is 1. The molecule has 1 fully saturated rings. The van der Waals surface area contributed by atoms with E-state index in [1.807, 2.05) is 36.9 Å². The first-order valence-corrected chi connectivity index (χ1v) is 8.07. The summed E-state index contributed by atoms with van der Waals surface area (Å²) in [7, 11) is 0. The summed E-state index contributed by atoms with van der Waals surface area (Å²) in [5.41, 5.74) is 6.69. The van der Waals surface area contributed by atoms with E-state index in [-0.39, 0.29) is 18.1 Å². The van der Waals surface area contributed by atoms with Crippen molar-refractivity contribution in [2.75, 3.05) is 18.9 Å². The molecule has 2 heterocycles. The molecule has 4 nitrogen and oxygen atoms in total. The predicted molar refractivity (Wildman–Crippen MR) is 87.2 cm³/mol. The van der Waals surface area contributed by atoms with Crippen LogP contribution in [0.4, 0.5) is 5.69 Å². The van der Waals surface area contributed by atoms with E-state index in [1.54, 1.807) is 0 Å². The summed E-state index contributed by atoms with van der Waals surface area (Å²) in [5, 5.41) is 1.48. The quantitative estimate of drug-likeness (QED) is 0.874. The number of fused-ring (bicyclic) bond motifs is 1. The van der Waals surface area contributed by atoms with Gasteiger partial charge in [-0.15, -0.1) is 11.3 Å². The lowest BCUT2D eigenvalue weighted by Gasteiger charge is -2.36. The molecule has 1 aliphatic rings. The van der Waals surface area contributed by atoms with Crippen molar-refractivity contribution in [1.82, 2.24) is 4.90 Å². The van der Waals surface area contributed by atoms with E-state index in [0.717, 1.165) is 10.1 Å². The Bertz CT molecular complexity index is 700. The zero-order valence-electron chi connectivity index (χ0n) is 11.9. The number of carbonyl (C=O) groups is 1. The molecule has 0 radical (unpaired) electrons. The molecule has 2 atom stereocenters. The molecule has 0 bridgehead atoms. The second kappa shape index (κ2) is 5.48. The molecule has 0 spiro atoms. The second-order valence-electron chi connectivity index (χ2n) is 5.44. The third-order valence-electron chi connectivity index (χ3n) is 3.75. The van der Waals surface area contributed by atoms with Crippen LogP contribution in [0.3, 0.4) is 0 Å². The Morgan fingerprint density at radius 1 is 1.48 bits per heavy atom. The lowest BCUT2D eigenvalue weighted by molar-refractivity contribution is -0.0385. The molecule has 0 saturated carbocycles. The van der Waals surface area contributed by atoms with Crippen LogP contribution in [0.5, 0.6) is 0 Å². The molecule has 0 aliphatic carbocycles. The van der Waals surface area contributed by atoms with E-state index in [1.165, 1.54) is 11.3 Å². The van der Waals surface area contributed by atoms with Crippen LogP contribution in [0.25, 0.3) is 10.1 Å². The number of nitrogen functional groups attached to an aromatic ring is 1. The van der Waals surface area contributed by atoms with Crippen molar-refractivity contribution in [3.63, 3.8) is 0 Å². The summed E-state index contributed by atoms with van der Waals surface area (Å²) in [6, 6.07) is 5.58. The smallest absolute Gasteiger partial charge is 0.266 e. The Balaban J connectivity index is 1.99. The van der Waals surface area contributed by atoms with Gasteiger partial charge in [-0.1, -0.05) is 11.6 Å². The number of amides is 1. The highest BCUT2D eigenvalue weighted by Gasteiger charge is 2.30. The van der Waals surface area contributed by atoms with Crippen molar-refractivity contribution < 1.29 is 9.53 Å². The number of carbonyl (C=O) groups excluding carboxylic acids is 1. The van der Waals surface area contributed by atoms with Gasteiger partial charge in [0.05, 0.1) is 24.4 Å². The van der Waals surface area contributed by atoms with Gasteiger partial charge in [-0.25, -0.2) is 0 Å². The van der Waals surface area contributed by atoms with Gasteiger partial charge in [0, 0.05) is 21.7 Å². The highest BCUT2D eigenvalue weighted by molar-refractivity contribution is 7.21. The number of thiophene rings is 1. The number of morpholine rings is 1. The van der Waals surface area contributed by atoms with Crippen LogP contribution in [-0.4, -0.2) is 36.1 Å². The van der Waals surface area contributed by atoms with Crippen LogP contribution < -0.4 is 5.73 Å². The largest absolute Gasteiger partial charge is 0.397 e. The third-order valence-corrected chi connectivity index (χ3v) is 5.16. The number of hydrogen-bond acceptors (Lipinski definition) is 4. The monoisotopic (exact) mass is 324 g/mol. The first kappa shape index (κ1) is 14.6. The van der Waals surface area contributed by atoms with Crippen molar-refractivity contribution in [1.29, 1.82) is 0 Å². The van der Waals surface area contributed by atoms with Crippen molar-refractivity contribution in [2.45, 2.75) is 26.0 Å². The average molecular weight is 325 g/mol. The van der Waals surface area contributed by atoms with Crippen LogP contribution >= 0.6 is 22.9 Å². The Morgan fingerprint density at radius 2 is 2.24 bits per heavy atom. The van der Waals surface area contributed by atoms with Crippen LogP contribution in [0.15, 0.2) is 18.2 Å². The maximum absolute atomic E-state index is 12.8. The summed E-state index contributed by atoms with van der Waals surface area (Å²) >= 11 is 7.43. The number of nitrogens with zero attached hydrogens (tertiary/aromatic N) is 1. The molecule has 1 amide bonds. The summed E-state index contributed by atoms with van der Waals surface area (Å²) in [6.07, 6.45) is 0.0511. The van der Waals surface area contributed by atoms with Crippen molar-refractivity contribution in [3.8, 4) is 0 Å². The van der Waals surface area contributed by atoms with Gasteiger partial charge in [-0.05, 0) is 32.0 Å². The summed E-state index contributed by atoms with van der Waals surface area (Å²) in [6.45, 7) is 5.11. The molecule has 21 heavy (non-hydrogen) atoms. The van der Waals surface area contributed by atoms with Gasteiger partial charge in [0.1, 0.15) is 4.88 Å². The summed E-state index contributed by atoms with van der Waals surface area (Å²) < 4.78 is 6.55. The van der Waals surface area contributed by atoms with E-state index in [0.29, 0.717) is 28.7 Å². The number of benzene rings is 1. The molecule has 6 heteroatoms. The lowest BCUT2D eigenvalue weighted by atomic mass is 10.1. The minimum atomic E-state index is -0.0209. The summed E-state index contributed by atoms with van der Waals surface area (Å²) in [5.74, 6) is -0.0209. The minimum Gasteiger partial charge on any atom is -0.397 e. The topological polar surface area (TPSA) is 55.6 Å². The standard InChI is InChI=1S/C15H17ClN2O2S/c1-8-7-20-9(2)6-18(8)15(19)14-13(17)11-5-10(16)3-4-12(11)21-14/h3-5,8-9H,6-7,17H2,1-2H3. The molecule has 1 aliphatic heterocycles. The Kier molecular flexibility index (Phi) is 3.82. The number of halogens is 1. The van der Waals surface area contributed by atoms with E-state index >= 15 is 0 Å². The first-order valence-electron chi connectivity index (χ1n) is 6.87. The normalized spacial score (nSPS) is 22.7. The highest BCUT2D eigenvalue weighted by Crippen LogP contribution is 2.36. The maximum atomic E-state index is 12.8. The molecular weight excluding hydrogens is 308 g/mol. The molecule has 112 valence electrons. The number of nitrogens with two attached hydrogens (primary N) is 1. The van der Waals surface area contributed by atoms with Crippen molar-refractivity contribution >= 4 is 44.6 Å². The van der Waals surface area contributed by atoms with Gasteiger partial charge in [-0.3, -0.25) is 4.79 Å². The van der Waals surface area contributed by atoms with Gasteiger partial charge >= 0.3 is 0 Å². The first-order chi connectivity index (χ1) is 9.97. The fraction of sp³-hybridized carbons (Fsp3) is 0.400. The third kappa shape index (κ3) is 2.61. The SMILES string of the molecule is CC1CN(C(=O)c2sc3ccc(Cl)cc3c2N)C(C)CO1. The predicted octanol–water partition coefficient (Wildman–Crippen LogP) is 3.39. The summed E-state index contributed by atoms with van der Waals surface area (Å²) in [4.78, 5) is 15.2. The molecule has 2 N–H and O–H groups in total. The lowest BCUT2D eigenvalue weighted by Crippen LogP contribution is -2.50. The molecule has 1 aromatic carbocycles. The van der Waals surface area contributed by atoms with E-state index in [2.05, 4.69) is 0 Å². The molecular formula is C15H17ClN2O2S. The van der Waals surface area contributed by atoms with E-state index in [9.17, 15) is 4.79 Å². The molecule has 2 unspecified atom stereocenters. The Labute approximate surface area is 132 Å². The van der Waals surface area contributed by atoms with E-state index < -0.39 is 0 Å². The molecule has 3 rings (SSSR count). The van der Waals surface area contributed by atoms with Crippen molar-refractivity contribution in [3.05, 3.63) is 28.1 Å². The van der Waals surface area contributed by atoms with Crippen LogP contribution in [-0.2, 0) is 4.74 Å². The average Bonchev–Trinajstić information content (AvgIpc) is 2.78. The zero-order chi connectivity index (χ0) is 15.1. The minimum absolute atomic E-state index is 0.0209. The molecule has 2 aromatic rings. The fourth-order valence-corrected chi connectivity index (χ4v) is 3.80.